The van der Waals surface area contributed by atoms with E-state index in [1.54, 1.807) is 12.1 Å². The molecule has 134 valence electrons. The molecule has 0 bridgehead atoms. The zero-order chi connectivity index (χ0) is 17.6. The fraction of sp³-hybridized carbons (Fsp3) is 0.632. The number of carbonyl (C=O) groups excluding carboxylic acids is 1. The standard InChI is InChI=1S/C19H29FN2O2/c1-3-19(2,9-11-23)21-18(24)16-7-5-10-22(14-16)13-15-6-4-8-17(20)12-15/h4,6,8,12,16,23H,3,5,7,9-11,13-14H2,1-2H3,(H,21,24). The first-order valence-corrected chi connectivity index (χ1v) is 8.85. The van der Waals surface area contributed by atoms with Crippen LogP contribution in [0.15, 0.2) is 24.3 Å². The summed E-state index contributed by atoms with van der Waals surface area (Å²) in [7, 11) is 0. The van der Waals surface area contributed by atoms with Gasteiger partial charge in [-0.25, -0.2) is 4.39 Å². The molecule has 5 heteroatoms. The number of piperidine rings is 1. The van der Waals surface area contributed by atoms with Crippen molar-refractivity contribution in [1.29, 1.82) is 0 Å². The molecule has 1 heterocycles. The highest BCUT2D eigenvalue weighted by atomic mass is 19.1. The molecule has 0 spiro atoms. The smallest absolute Gasteiger partial charge is 0.224 e. The third kappa shape index (κ3) is 5.28. The van der Waals surface area contributed by atoms with Crippen molar-refractivity contribution in [3.05, 3.63) is 35.6 Å². The van der Waals surface area contributed by atoms with Crippen LogP contribution < -0.4 is 5.32 Å². The minimum atomic E-state index is -0.351. The minimum Gasteiger partial charge on any atom is -0.396 e. The molecule has 1 aromatic rings. The Labute approximate surface area is 144 Å². The van der Waals surface area contributed by atoms with Crippen LogP contribution in [0.2, 0.25) is 0 Å². The average molecular weight is 336 g/mol. The lowest BCUT2D eigenvalue weighted by Gasteiger charge is -2.35. The molecule has 1 amide bonds. The van der Waals surface area contributed by atoms with Crippen molar-refractivity contribution < 1.29 is 14.3 Å². The number of halogens is 1. The van der Waals surface area contributed by atoms with E-state index >= 15 is 0 Å². The van der Waals surface area contributed by atoms with E-state index < -0.39 is 0 Å². The molecule has 0 aromatic heterocycles. The minimum absolute atomic E-state index is 0.0446. The average Bonchev–Trinajstić information content (AvgIpc) is 2.55. The zero-order valence-corrected chi connectivity index (χ0v) is 14.7. The topological polar surface area (TPSA) is 52.6 Å². The van der Waals surface area contributed by atoms with Gasteiger partial charge in [0.05, 0.1) is 5.92 Å². The van der Waals surface area contributed by atoms with E-state index in [2.05, 4.69) is 10.2 Å². The van der Waals surface area contributed by atoms with E-state index in [-0.39, 0.29) is 29.8 Å². The molecule has 1 aliphatic heterocycles. The van der Waals surface area contributed by atoms with E-state index in [0.29, 0.717) is 19.5 Å². The summed E-state index contributed by atoms with van der Waals surface area (Å²) in [5.41, 5.74) is 0.589. The van der Waals surface area contributed by atoms with Crippen molar-refractivity contribution >= 4 is 5.91 Å². The molecule has 2 unspecified atom stereocenters. The van der Waals surface area contributed by atoms with Crippen LogP contribution in [0, 0.1) is 11.7 Å². The summed E-state index contributed by atoms with van der Waals surface area (Å²) < 4.78 is 13.3. The summed E-state index contributed by atoms with van der Waals surface area (Å²) in [5, 5.41) is 12.3. The molecular weight excluding hydrogens is 307 g/mol. The van der Waals surface area contributed by atoms with Crippen LogP contribution in [0.4, 0.5) is 4.39 Å². The number of likely N-dealkylation sites (tertiary alicyclic amines) is 1. The Morgan fingerprint density at radius 3 is 2.96 bits per heavy atom. The van der Waals surface area contributed by atoms with Gasteiger partial charge in [0, 0.05) is 25.2 Å². The van der Waals surface area contributed by atoms with Gasteiger partial charge in [-0.3, -0.25) is 9.69 Å². The molecule has 1 fully saturated rings. The van der Waals surface area contributed by atoms with Gasteiger partial charge in [-0.1, -0.05) is 19.1 Å². The van der Waals surface area contributed by atoms with Crippen LogP contribution in [0.3, 0.4) is 0 Å². The molecule has 4 nitrogen and oxygen atoms in total. The third-order valence-electron chi connectivity index (χ3n) is 5.04. The van der Waals surface area contributed by atoms with Crippen molar-refractivity contribution in [2.24, 2.45) is 5.92 Å². The van der Waals surface area contributed by atoms with Crippen LogP contribution in [-0.2, 0) is 11.3 Å². The maximum Gasteiger partial charge on any atom is 0.224 e. The van der Waals surface area contributed by atoms with Crippen molar-refractivity contribution in [1.82, 2.24) is 10.2 Å². The summed E-state index contributed by atoms with van der Waals surface area (Å²) in [5.74, 6) is -0.199. The fourth-order valence-corrected chi connectivity index (χ4v) is 3.28. The first-order chi connectivity index (χ1) is 11.5. The molecule has 24 heavy (non-hydrogen) atoms. The first kappa shape index (κ1) is 18.9. The Hall–Kier alpha value is -1.46. The Kier molecular flexibility index (Phi) is 6.75. The molecule has 0 radical (unpaired) electrons. The number of nitrogens with zero attached hydrogens (tertiary/aromatic N) is 1. The van der Waals surface area contributed by atoms with Crippen LogP contribution >= 0.6 is 0 Å². The Balaban J connectivity index is 1.93. The Morgan fingerprint density at radius 1 is 1.50 bits per heavy atom. The quantitative estimate of drug-likeness (QED) is 0.805. The molecule has 0 saturated carbocycles. The number of aliphatic hydroxyl groups is 1. The summed E-state index contributed by atoms with van der Waals surface area (Å²) in [4.78, 5) is 14.8. The highest BCUT2D eigenvalue weighted by molar-refractivity contribution is 5.79. The second-order valence-corrected chi connectivity index (χ2v) is 7.08. The van der Waals surface area contributed by atoms with E-state index in [0.717, 1.165) is 31.4 Å². The number of hydrogen-bond acceptors (Lipinski definition) is 3. The van der Waals surface area contributed by atoms with Gasteiger partial charge < -0.3 is 10.4 Å². The van der Waals surface area contributed by atoms with Crippen molar-refractivity contribution in [2.75, 3.05) is 19.7 Å². The highest BCUT2D eigenvalue weighted by Crippen LogP contribution is 2.21. The van der Waals surface area contributed by atoms with Crippen molar-refractivity contribution in [3.63, 3.8) is 0 Å². The van der Waals surface area contributed by atoms with Gasteiger partial charge in [0.25, 0.3) is 0 Å². The molecule has 1 aromatic carbocycles. The maximum atomic E-state index is 13.3. The molecule has 2 N–H and O–H groups in total. The van der Waals surface area contributed by atoms with Crippen LogP contribution in [0.5, 0.6) is 0 Å². The maximum absolute atomic E-state index is 13.3. The number of rotatable bonds is 7. The first-order valence-electron chi connectivity index (χ1n) is 8.85. The lowest BCUT2D eigenvalue weighted by molar-refractivity contribution is -0.128. The van der Waals surface area contributed by atoms with Gasteiger partial charge in [0.2, 0.25) is 5.91 Å². The molecule has 2 rings (SSSR count). The van der Waals surface area contributed by atoms with Gasteiger partial charge in [-0.05, 0) is 56.8 Å². The second kappa shape index (κ2) is 8.58. The lowest BCUT2D eigenvalue weighted by atomic mass is 9.91. The molecule has 2 atom stereocenters. The predicted molar refractivity (Wildman–Crippen MR) is 92.9 cm³/mol. The van der Waals surface area contributed by atoms with Crippen LogP contribution in [0.1, 0.15) is 45.1 Å². The number of amides is 1. The van der Waals surface area contributed by atoms with Gasteiger partial charge in [0.15, 0.2) is 0 Å². The Bertz CT molecular complexity index is 552. The van der Waals surface area contributed by atoms with E-state index in [4.69, 9.17) is 0 Å². The van der Waals surface area contributed by atoms with E-state index in [1.165, 1.54) is 6.07 Å². The van der Waals surface area contributed by atoms with Crippen LogP contribution in [-0.4, -0.2) is 41.1 Å². The number of aliphatic hydroxyl groups excluding tert-OH is 1. The summed E-state index contributed by atoms with van der Waals surface area (Å²) in [6, 6.07) is 6.64. The van der Waals surface area contributed by atoms with Gasteiger partial charge in [0.1, 0.15) is 5.82 Å². The highest BCUT2D eigenvalue weighted by Gasteiger charge is 2.30. The molecule has 1 aliphatic rings. The normalized spacial score (nSPS) is 21.2. The predicted octanol–water partition coefficient (Wildman–Crippen LogP) is 2.71. The van der Waals surface area contributed by atoms with Gasteiger partial charge in [-0.15, -0.1) is 0 Å². The largest absolute Gasteiger partial charge is 0.396 e. The zero-order valence-electron chi connectivity index (χ0n) is 14.7. The summed E-state index contributed by atoms with van der Waals surface area (Å²) >= 11 is 0. The van der Waals surface area contributed by atoms with E-state index in [1.807, 2.05) is 19.9 Å². The van der Waals surface area contributed by atoms with Crippen molar-refractivity contribution in [3.8, 4) is 0 Å². The molecule has 1 saturated heterocycles. The van der Waals surface area contributed by atoms with Crippen molar-refractivity contribution in [2.45, 2.75) is 51.6 Å². The van der Waals surface area contributed by atoms with Gasteiger partial charge >= 0.3 is 0 Å². The molecule has 0 aliphatic carbocycles. The molecular formula is C19H29FN2O2. The Morgan fingerprint density at radius 2 is 2.29 bits per heavy atom. The van der Waals surface area contributed by atoms with Crippen LogP contribution in [0.25, 0.3) is 0 Å². The number of carbonyl (C=O) groups is 1. The fourth-order valence-electron chi connectivity index (χ4n) is 3.28. The SMILES string of the molecule is CCC(C)(CCO)NC(=O)C1CCCN(Cc2cccc(F)c2)C1. The number of benzene rings is 1. The number of nitrogens with one attached hydrogen (secondary N) is 1. The van der Waals surface area contributed by atoms with Gasteiger partial charge in [-0.2, -0.15) is 0 Å². The second-order valence-electron chi connectivity index (χ2n) is 7.08. The lowest BCUT2D eigenvalue weighted by Crippen LogP contribution is -2.51. The van der Waals surface area contributed by atoms with E-state index in [9.17, 15) is 14.3 Å². The number of hydrogen-bond donors (Lipinski definition) is 2. The summed E-state index contributed by atoms with van der Waals surface area (Å²) in [6.07, 6.45) is 3.20. The summed E-state index contributed by atoms with van der Waals surface area (Å²) in [6.45, 7) is 6.37. The third-order valence-corrected chi connectivity index (χ3v) is 5.04. The monoisotopic (exact) mass is 336 g/mol.